The van der Waals surface area contributed by atoms with E-state index in [2.05, 4.69) is 21.8 Å². The third-order valence-electron chi connectivity index (χ3n) is 6.92. The molecule has 2 aliphatic rings. The number of anilines is 1. The molecule has 3 heterocycles. The SMILES string of the molecule is CCCc1cnc(N2CCC(N3CCC[C@H](Cc4ccc(S(C)(=O)=O)cc4F)C3=O)CC2)nc1. The molecular formula is C25H33FN4O3S. The second-order valence-corrected chi connectivity index (χ2v) is 11.5. The molecule has 0 radical (unpaired) electrons. The molecule has 0 spiro atoms. The monoisotopic (exact) mass is 488 g/mol. The molecule has 1 aromatic carbocycles. The molecule has 0 aliphatic carbocycles. The van der Waals surface area contributed by atoms with E-state index in [0.717, 1.165) is 82.0 Å². The molecule has 0 saturated carbocycles. The van der Waals surface area contributed by atoms with E-state index < -0.39 is 15.7 Å². The van der Waals surface area contributed by atoms with Crippen LogP contribution in [0.1, 0.15) is 50.2 Å². The van der Waals surface area contributed by atoms with E-state index in [1.165, 1.54) is 12.1 Å². The van der Waals surface area contributed by atoms with Crippen LogP contribution >= 0.6 is 0 Å². The normalized spacial score (nSPS) is 20.1. The smallest absolute Gasteiger partial charge is 0.226 e. The second kappa shape index (κ2) is 10.4. The molecule has 9 heteroatoms. The van der Waals surface area contributed by atoms with Gasteiger partial charge >= 0.3 is 0 Å². The van der Waals surface area contributed by atoms with Crippen molar-refractivity contribution in [3.05, 3.63) is 47.5 Å². The van der Waals surface area contributed by atoms with Gasteiger partial charge in [0.15, 0.2) is 9.84 Å². The van der Waals surface area contributed by atoms with Crippen molar-refractivity contribution in [2.24, 2.45) is 5.92 Å². The third-order valence-corrected chi connectivity index (χ3v) is 8.03. The van der Waals surface area contributed by atoms with Gasteiger partial charge in [0.25, 0.3) is 0 Å². The fourth-order valence-corrected chi connectivity index (χ4v) is 5.66. The summed E-state index contributed by atoms with van der Waals surface area (Å²) >= 11 is 0. The van der Waals surface area contributed by atoms with E-state index in [9.17, 15) is 17.6 Å². The van der Waals surface area contributed by atoms with Crippen LogP contribution in [0.15, 0.2) is 35.5 Å². The zero-order valence-corrected chi connectivity index (χ0v) is 20.7. The average molecular weight is 489 g/mol. The van der Waals surface area contributed by atoms with Gasteiger partial charge in [-0.15, -0.1) is 0 Å². The predicted octanol–water partition coefficient (Wildman–Crippen LogP) is 3.42. The molecule has 2 fully saturated rings. The van der Waals surface area contributed by atoms with Gasteiger partial charge < -0.3 is 9.80 Å². The minimum Gasteiger partial charge on any atom is -0.341 e. The Bertz CT molecular complexity index is 1120. The van der Waals surface area contributed by atoms with Crippen LogP contribution in [0, 0.1) is 11.7 Å². The first-order valence-electron chi connectivity index (χ1n) is 12.1. The molecule has 2 aromatic rings. The molecular weight excluding hydrogens is 455 g/mol. The number of aromatic nitrogens is 2. The fourth-order valence-electron chi connectivity index (χ4n) is 5.02. The van der Waals surface area contributed by atoms with Crippen LogP contribution in [0.5, 0.6) is 0 Å². The maximum absolute atomic E-state index is 14.6. The quantitative estimate of drug-likeness (QED) is 0.594. The van der Waals surface area contributed by atoms with Crippen LogP contribution in [0.25, 0.3) is 0 Å². The Morgan fingerprint density at radius 2 is 1.79 bits per heavy atom. The number of rotatable bonds is 7. The van der Waals surface area contributed by atoms with Crippen LogP contribution in [-0.4, -0.2) is 61.1 Å². The fraction of sp³-hybridized carbons (Fsp3) is 0.560. The molecule has 1 aromatic heterocycles. The number of carbonyl (C=O) groups excluding carboxylic acids is 1. The van der Waals surface area contributed by atoms with Crippen LogP contribution in [0.2, 0.25) is 0 Å². The zero-order chi connectivity index (χ0) is 24.3. The van der Waals surface area contributed by atoms with Gasteiger partial charge in [0.2, 0.25) is 11.9 Å². The zero-order valence-electron chi connectivity index (χ0n) is 19.9. The first kappa shape index (κ1) is 24.6. The lowest BCUT2D eigenvalue weighted by Gasteiger charge is -2.42. The lowest BCUT2D eigenvalue weighted by molar-refractivity contribution is -0.141. The number of benzene rings is 1. The number of sulfone groups is 1. The van der Waals surface area contributed by atoms with E-state index in [1.807, 2.05) is 17.3 Å². The van der Waals surface area contributed by atoms with E-state index in [-0.39, 0.29) is 22.8 Å². The minimum atomic E-state index is -3.47. The van der Waals surface area contributed by atoms with Gasteiger partial charge in [0.05, 0.1) is 4.90 Å². The number of carbonyl (C=O) groups is 1. The van der Waals surface area contributed by atoms with Gasteiger partial charge in [-0.3, -0.25) is 4.79 Å². The Labute approximate surface area is 201 Å². The van der Waals surface area contributed by atoms with Gasteiger partial charge in [0, 0.05) is 50.2 Å². The highest BCUT2D eigenvalue weighted by atomic mass is 32.2. The Balaban J connectivity index is 1.36. The lowest BCUT2D eigenvalue weighted by atomic mass is 9.88. The van der Waals surface area contributed by atoms with Gasteiger partial charge in [0.1, 0.15) is 5.82 Å². The third kappa shape index (κ3) is 5.56. The van der Waals surface area contributed by atoms with E-state index in [0.29, 0.717) is 12.0 Å². The van der Waals surface area contributed by atoms with Crippen molar-refractivity contribution in [2.75, 3.05) is 30.8 Å². The summed E-state index contributed by atoms with van der Waals surface area (Å²) in [6.45, 7) is 4.47. The van der Waals surface area contributed by atoms with Gasteiger partial charge in [-0.05, 0) is 61.8 Å². The number of hydrogen-bond acceptors (Lipinski definition) is 6. The van der Waals surface area contributed by atoms with E-state index in [1.54, 1.807) is 0 Å². The van der Waals surface area contributed by atoms with Crippen molar-refractivity contribution in [3.63, 3.8) is 0 Å². The number of hydrogen-bond donors (Lipinski definition) is 0. The largest absolute Gasteiger partial charge is 0.341 e. The van der Waals surface area contributed by atoms with E-state index in [4.69, 9.17) is 0 Å². The molecule has 0 N–H and O–H groups in total. The second-order valence-electron chi connectivity index (χ2n) is 9.46. The highest BCUT2D eigenvalue weighted by Crippen LogP contribution is 2.29. The molecule has 34 heavy (non-hydrogen) atoms. The highest BCUT2D eigenvalue weighted by Gasteiger charge is 2.35. The van der Waals surface area contributed by atoms with Crippen molar-refractivity contribution < 1.29 is 17.6 Å². The number of aryl methyl sites for hydroxylation is 1. The van der Waals surface area contributed by atoms with Gasteiger partial charge in [-0.25, -0.2) is 22.8 Å². The lowest BCUT2D eigenvalue weighted by Crippen LogP contribution is -2.52. The number of amides is 1. The van der Waals surface area contributed by atoms with Crippen LogP contribution in [-0.2, 0) is 27.5 Å². The summed E-state index contributed by atoms with van der Waals surface area (Å²) in [5, 5.41) is 0. The Morgan fingerprint density at radius 1 is 1.09 bits per heavy atom. The van der Waals surface area contributed by atoms with Crippen LogP contribution < -0.4 is 4.90 Å². The Morgan fingerprint density at radius 3 is 2.41 bits per heavy atom. The highest BCUT2D eigenvalue weighted by molar-refractivity contribution is 7.90. The van der Waals surface area contributed by atoms with Crippen molar-refractivity contribution in [3.8, 4) is 0 Å². The number of likely N-dealkylation sites (tertiary alicyclic amines) is 1. The van der Waals surface area contributed by atoms with Crippen molar-refractivity contribution in [1.29, 1.82) is 0 Å². The molecule has 0 unspecified atom stereocenters. The van der Waals surface area contributed by atoms with E-state index >= 15 is 0 Å². The molecule has 1 amide bonds. The summed E-state index contributed by atoms with van der Waals surface area (Å²) in [5.41, 5.74) is 1.54. The summed E-state index contributed by atoms with van der Waals surface area (Å²) in [5.74, 6) is -0.0171. The molecule has 4 rings (SSSR count). The van der Waals surface area contributed by atoms with Crippen molar-refractivity contribution >= 4 is 21.7 Å². The van der Waals surface area contributed by atoms with Gasteiger partial charge in [-0.2, -0.15) is 0 Å². The summed E-state index contributed by atoms with van der Waals surface area (Å²) in [6, 6.07) is 4.15. The molecule has 2 saturated heterocycles. The van der Waals surface area contributed by atoms with Crippen molar-refractivity contribution in [1.82, 2.24) is 14.9 Å². The summed E-state index contributed by atoms with van der Waals surface area (Å²) in [4.78, 5) is 26.5. The molecule has 7 nitrogen and oxygen atoms in total. The first-order chi connectivity index (χ1) is 16.3. The summed E-state index contributed by atoms with van der Waals surface area (Å²) in [6.07, 6.45) is 10.5. The summed E-state index contributed by atoms with van der Waals surface area (Å²) < 4.78 is 37.9. The Kier molecular flexibility index (Phi) is 7.50. The van der Waals surface area contributed by atoms with Crippen LogP contribution in [0.3, 0.4) is 0 Å². The van der Waals surface area contributed by atoms with Gasteiger partial charge in [-0.1, -0.05) is 19.4 Å². The predicted molar refractivity (Wildman–Crippen MR) is 129 cm³/mol. The number of nitrogens with zero attached hydrogens (tertiary/aromatic N) is 4. The number of piperidine rings is 2. The van der Waals surface area contributed by atoms with Crippen LogP contribution in [0.4, 0.5) is 10.3 Å². The minimum absolute atomic E-state index is 0.0407. The molecule has 1 atom stereocenters. The standard InChI is InChI=1S/C25H33FN4O3S/c1-3-5-18-16-27-25(28-17-18)29-12-9-21(10-13-29)30-11-4-6-20(24(30)31)14-19-7-8-22(15-23(19)26)34(2,32)33/h7-8,15-17,20-21H,3-6,9-14H2,1-2H3/t20-/m1/s1. The molecule has 0 bridgehead atoms. The number of halogens is 1. The maximum atomic E-state index is 14.6. The molecule has 2 aliphatic heterocycles. The average Bonchev–Trinajstić information content (AvgIpc) is 2.82. The first-order valence-corrected chi connectivity index (χ1v) is 14.0. The summed E-state index contributed by atoms with van der Waals surface area (Å²) in [7, 11) is -3.47. The Hall–Kier alpha value is -2.55. The molecule has 184 valence electrons. The topological polar surface area (TPSA) is 83.5 Å². The maximum Gasteiger partial charge on any atom is 0.226 e. The van der Waals surface area contributed by atoms with Crippen molar-refractivity contribution in [2.45, 2.75) is 62.8 Å².